The van der Waals surface area contributed by atoms with Gasteiger partial charge in [-0.1, -0.05) is 42.5 Å². The third-order valence-corrected chi connectivity index (χ3v) is 5.63. The van der Waals surface area contributed by atoms with Crippen LogP contribution in [0.2, 0.25) is 0 Å². The van der Waals surface area contributed by atoms with Gasteiger partial charge in [-0.25, -0.2) is 0 Å². The van der Waals surface area contributed by atoms with Crippen LogP contribution < -0.4 is 5.73 Å². The van der Waals surface area contributed by atoms with E-state index in [0.29, 0.717) is 19.5 Å². The van der Waals surface area contributed by atoms with Crippen LogP contribution in [0.4, 0.5) is 0 Å². The number of carbonyl (C=O) groups is 1. The predicted octanol–water partition coefficient (Wildman–Crippen LogP) is 3.55. The zero-order valence-electron chi connectivity index (χ0n) is 15.2. The largest absolute Gasteiger partial charge is 0.464 e. The fourth-order valence-electron chi connectivity index (χ4n) is 3.89. The van der Waals surface area contributed by atoms with Crippen LogP contribution in [-0.4, -0.2) is 29.9 Å². The topological polar surface area (TPSA) is 59.5 Å². The van der Waals surface area contributed by atoms with Gasteiger partial charge < -0.3 is 15.1 Å². The van der Waals surface area contributed by atoms with Gasteiger partial charge >= 0.3 is 0 Å². The van der Waals surface area contributed by atoms with Crippen molar-refractivity contribution in [3.63, 3.8) is 0 Å². The number of amides is 1. The zero-order valence-corrected chi connectivity index (χ0v) is 15.2. The van der Waals surface area contributed by atoms with Crippen molar-refractivity contribution < 1.29 is 9.21 Å². The monoisotopic (exact) mass is 348 g/mol. The molecule has 0 bridgehead atoms. The minimum Gasteiger partial charge on any atom is -0.464 e. The van der Waals surface area contributed by atoms with E-state index in [4.69, 9.17) is 10.2 Å². The Bertz CT molecular complexity index is 945. The number of benzene rings is 2. The van der Waals surface area contributed by atoms with Crippen molar-refractivity contribution in [2.45, 2.75) is 32.2 Å². The maximum absolute atomic E-state index is 12.9. The quantitative estimate of drug-likeness (QED) is 0.787. The zero-order chi connectivity index (χ0) is 18.3. The highest BCUT2D eigenvalue weighted by Crippen LogP contribution is 2.29. The summed E-state index contributed by atoms with van der Waals surface area (Å²) >= 11 is 0. The number of nitrogens with zero attached hydrogens (tertiary/aromatic N) is 1. The Hall–Kier alpha value is -2.59. The second-order valence-electron chi connectivity index (χ2n) is 7.30. The number of furan rings is 1. The second-order valence-corrected chi connectivity index (χ2v) is 7.30. The maximum Gasteiger partial charge on any atom is 0.227 e. The molecule has 0 saturated carbocycles. The number of rotatable bonds is 3. The number of hydrogen-bond donors (Lipinski definition) is 1. The Morgan fingerprint density at radius 1 is 1.15 bits per heavy atom. The SMILES string of the molecule is Cc1ccc2c(CC(=O)N3C[C@@H](N)[C@H](c4ccccc4)C3)coc2c1C. The van der Waals surface area contributed by atoms with Crippen LogP contribution in [0.25, 0.3) is 11.0 Å². The van der Waals surface area contributed by atoms with Crippen molar-refractivity contribution in [1.82, 2.24) is 4.90 Å². The number of aryl methyl sites for hydroxylation is 2. The van der Waals surface area contributed by atoms with Gasteiger partial charge in [0.2, 0.25) is 5.91 Å². The fraction of sp³-hybridized carbons (Fsp3) is 0.318. The number of fused-ring (bicyclic) bond motifs is 1. The molecule has 2 aromatic carbocycles. The maximum atomic E-state index is 12.9. The molecule has 4 heteroatoms. The van der Waals surface area contributed by atoms with E-state index in [1.165, 1.54) is 11.1 Å². The first-order valence-electron chi connectivity index (χ1n) is 9.09. The molecule has 2 heterocycles. The Morgan fingerprint density at radius 3 is 2.69 bits per heavy atom. The van der Waals surface area contributed by atoms with Crippen molar-refractivity contribution >= 4 is 16.9 Å². The van der Waals surface area contributed by atoms with Crippen molar-refractivity contribution in [2.75, 3.05) is 13.1 Å². The molecule has 4 rings (SSSR count). The first-order valence-corrected chi connectivity index (χ1v) is 9.09. The van der Waals surface area contributed by atoms with Crippen molar-refractivity contribution in [1.29, 1.82) is 0 Å². The van der Waals surface area contributed by atoms with Gasteiger partial charge in [0.05, 0.1) is 12.7 Å². The average Bonchev–Trinajstić information content (AvgIpc) is 3.23. The normalized spacial score (nSPS) is 20.0. The van der Waals surface area contributed by atoms with Gasteiger partial charge in [0.1, 0.15) is 5.58 Å². The van der Waals surface area contributed by atoms with Gasteiger partial charge in [-0.05, 0) is 30.5 Å². The molecule has 3 aromatic rings. The number of likely N-dealkylation sites (tertiary alicyclic amines) is 1. The fourth-order valence-corrected chi connectivity index (χ4v) is 3.89. The summed E-state index contributed by atoms with van der Waals surface area (Å²) in [6.45, 7) is 5.40. The average molecular weight is 348 g/mol. The number of nitrogens with two attached hydrogens (primary N) is 1. The lowest BCUT2D eigenvalue weighted by Gasteiger charge is -2.16. The van der Waals surface area contributed by atoms with Crippen LogP contribution >= 0.6 is 0 Å². The minimum atomic E-state index is -0.0210. The lowest BCUT2D eigenvalue weighted by molar-refractivity contribution is -0.129. The smallest absolute Gasteiger partial charge is 0.227 e. The molecule has 1 aromatic heterocycles. The minimum absolute atomic E-state index is 0.0210. The summed E-state index contributed by atoms with van der Waals surface area (Å²) in [6, 6.07) is 14.3. The van der Waals surface area contributed by atoms with E-state index < -0.39 is 0 Å². The van der Waals surface area contributed by atoms with E-state index in [1.807, 2.05) is 29.2 Å². The summed E-state index contributed by atoms with van der Waals surface area (Å²) in [5.41, 5.74) is 11.7. The second kappa shape index (κ2) is 6.61. The van der Waals surface area contributed by atoms with E-state index >= 15 is 0 Å². The molecule has 0 unspecified atom stereocenters. The van der Waals surface area contributed by atoms with Crippen LogP contribution in [0.15, 0.2) is 53.1 Å². The van der Waals surface area contributed by atoms with Gasteiger partial charge in [0.15, 0.2) is 0 Å². The van der Waals surface area contributed by atoms with Gasteiger partial charge in [0.25, 0.3) is 0 Å². The van der Waals surface area contributed by atoms with Gasteiger partial charge in [-0.15, -0.1) is 0 Å². The third-order valence-electron chi connectivity index (χ3n) is 5.63. The molecular weight excluding hydrogens is 324 g/mol. The third kappa shape index (κ3) is 2.90. The van der Waals surface area contributed by atoms with Crippen LogP contribution in [-0.2, 0) is 11.2 Å². The first-order chi connectivity index (χ1) is 12.5. The highest BCUT2D eigenvalue weighted by Gasteiger charge is 2.33. The number of carbonyl (C=O) groups excluding carboxylic acids is 1. The van der Waals surface area contributed by atoms with Gasteiger partial charge in [-0.2, -0.15) is 0 Å². The van der Waals surface area contributed by atoms with Gasteiger partial charge in [-0.3, -0.25) is 4.79 Å². The van der Waals surface area contributed by atoms with Crippen LogP contribution in [0.1, 0.15) is 28.2 Å². The molecule has 2 atom stereocenters. The van der Waals surface area contributed by atoms with E-state index in [2.05, 4.69) is 32.0 Å². The van der Waals surface area contributed by atoms with Crippen molar-refractivity contribution in [2.24, 2.45) is 5.73 Å². The summed E-state index contributed by atoms with van der Waals surface area (Å²) in [4.78, 5) is 14.8. The molecule has 0 spiro atoms. The molecule has 1 saturated heterocycles. The molecular formula is C22H24N2O2. The molecule has 1 fully saturated rings. The summed E-state index contributed by atoms with van der Waals surface area (Å²) < 4.78 is 5.74. The Labute approximate surface area is 153 Å². The molecule has 0 radical (unpaired) electrons. The molecule has 2 N–H and O–H groups in total. The molecule has 1 aliphatic heterocycles. The first kappa shape index (κ1) is 16.9. The van der Waals surface area contributed by atoms with Crippen molar-refractivity contribution in [3.05, 3.63) is 71.0 Å². The Morgan fingerprint density at radius 2 is 1.92 bits per heavy atom. The lowest BCUT2D eigenvalue weighted by Crippen LogP contribution is -2.33. The van der Waals surface area contributed by atoms with Crippen LogP contribution in [0.5, 0.6) is 0 Å². The summed E-state index contributed by atoms with van der Waals surface area (Å²) in [5.74, 6) is 0.311. The molecule has 26 heavy (non-hydrogen) atoms. The van der Waals surface area contributed by atoms with Gasteiger partial charge in [0, 0.05) is 36.0 Å². The van der Waals surface area contributed by atoms with E-state index in [1.54, 1.807) is 6.26 Å². The molecule has 0 aliphatic carbocycles. The van der Waals surface area contributed by atoms with E-state index in [9.17, 15) is 4.79 Å². The Kier molecular flexibility index (Phi) is 4.29. The summed E-state index contributed by atoms with van der Waals surface area (Å²) in [6.07, 6.45) is 2.07. The summed E-state index contributed by atoms with van der Waals surface area (Å²) in [7, 11) is 0. The van der Waals surface area contributed by atoms with Crippen LogP contribution in [0.3, 0.4) is 0 Å². The highest BCUT2D eigenvalue weighted by molar-refractivity contribution is 5.89. The van der Waals surface area contributed by atoms with E-state index in [0.717, 1.165) is 22.1 Å². The van der Waals surface area contributed by atoms with E-state index in [-0.39, 0.29) is 17.9 Å². The lowest BCUT2D eigenvalue weighted by atomic mass is 9.95. The highest BCUT2D eigenvalue weighted by atomic mass is 16.3. The molecule has 1 aliphatic rings. The Balaban J connectivity index is 1.52. The standard InChI is InChI=1S/C22H24N2O2/c1-14-8-9-18-17(13-26-22(18)15(14)2)10-21(25)24-11-19(20(23)12-24)16-6-4-3-5-7-16/h3-9,13,19-20H,10-12,23H2,1-2H3/t19-,20+/m0/s1. The molecule has 1 amide bonds. The molecule has 4 nitrogen and oxygen atoms in total. The number of hydrogen-bond acceptors (Lipinski definition) is 3. The predicted molar refractivity (Wildman–Crippen MR) is 103 cm³/mol. The molecule has 134 valence electrons. The van der Waals surface area contributed by atoms with Crippen LogP contribution in [0, 0.1) is 13.8 Å². The summed E-state index contributed by atoms with van der Waals surface area (Å²) in [5, 5.41) is 1.03. The van der Waals surface area contributed by atoms with Crippen molar-refractivity contribution in [3.8, 4) is 0 Å².